The molecular weight excluding hydrogens is 238 g/mol. The zero-order valence-corrected chi connectivity index (χ0v) is 11.8. The first-order valence-corrected chi connectivity index (χ1v) is 6.33. The maximum atomic E-state index is 6.01. The molecule has 0 saturated heterocycles. The van der Waals surface area contributed by atoms with Crippen molar-refractivity contribution in [3.05, 3.63) is 16.9 Å². The van der Waals surface area contributed by atoms with Crippen LogP contribution >= 0.6 is 11.6 Å². The van der Waals surface area contributed by atoms with Crippen molar-refractivity contribution >= 4 is 11.6 Å². The summed E-state index contributed by atoms with van der Waals surface area (Å²) in [5.74, 6) is 0.640. The van der Waals surface area contributed by atoms with Gasteiger partial charge in [0.1, 0.15) is 0 Å². The topological polar surface area (TPSA) is 39.1 Å². The van der Waals surface area contributed by atoms with Gasteiger partial charge in [-0.05, 0) is 19.4 Å². The Labute approximate surface area is 108 Å². The molecule has 1 N–H and O–H groups in total. The van der Waals surface area contributed by atoms with E-state index in [1.807, 2.05) is 17.8 Å². The van der Waals surface area contributed by atoms with Gasteiger partial charge in [-0.1, -0.05) is 25.4 Å². The molecule has 0 amide bonds. The number of nitrogens with zero attached hydrogens (tertiary/aromatic N) is 2. The SMILES string of the molecule is COCC(CNCC(C)C)n1cc(Cl)c(C)n1. The van der Waals surface area contributed by atoms with Crippen molar-refractivity contribution in [3.8, 4) is 0 Å². The van der Waals surface area contributed by atoms with Gasteiger partial charge in [-0.2, -0.15) is 5.10 Å². The summed E-state index contributed by atoms with van der Waals surface area (Å²) in [7, 11) is 1.70. The summed E-state index contributed by atoms with van der Waals surface area (Å²) in [5.41, 5.74) is 0.858. The first-order chi connectivity index (χ1) is 8.04. The van der Waals surface area contributed by atoms with E-state index in [1.54, 1.807) is 7.11 Å². The van der Waals surface area contributed by atoms with Crippen molar-refractivity contribution in [2.45, 2.75) is 26.8 Å². The summed E-state index contributed by atoms with van der Waals surface area (Å²) in [4.78, 5) is 0. The van der Waals surface area contributed by atoms with Gasteiger partial charge in [-0.15, -0.1) is 0 Å². The van der Waals surface area contributed by atoms with Gasteiger partial charge >= 0.3 is 0 Å². The van der Waals surface area contributed by atoms with E-state index in [9.17, 15) is 0 Å². The van der Waals surface area contributed by atoms with Crippen molar-refractivity contribution in [1.82, 2.24) is 15.1 Å². The summed E-state index contributed by atoms with van der Waals surface area (Å²) < 4.78 is 7.10. The molecule has 1 rings (SSSR count). The minimum Gasteiger partial charge on any atom is -0.382 e. The second-order valence-corrected chi connectivity index (χ2v) is 5.11. The number of nitrogens with one attached hydrogen (secondary N) is 1. The van der Waals surface area contributed by atoms with Crippen LogP contribution < -0.4 is 5.32 Å². The van der Waals surface area contributed by atoms with Gasteiger partial charge in [0.2, 0.25) is 0 Å². The van der Waals surface area contributed by atoms with E-state index in [0.717, 1.165) is 18.8 Å². The quantitative estimate of drug-likeness (QED) is 0.817. The van der Waals surface area contributed by atoms with E-state index in [2.05, 4.69) is 24.3 Å². The minimum absolute atomic E-state index is 0.185. The van der Waals surface area contributed by atoms with E-state index >= 15 is 0 Å². The van der Waals surface area contributed by atoms with Crippen molar-refractivity contribution in [2.24, 2.45) is 5.92 Å². The number of ether oxygens (including phenoxy) is 1. The van der Waals surface area contributed by atoms with Crippen LogP contribution in [0.2, 0.25) is 5.02 Å². The molecule has 98 valence electrons. The molecule has 0 aliphatic rings. The van der Waals surface area contributed by atoms with Crippen LogP contribution in [0.25, 0.3) is 0 Å². The first-order valence-electron chi connectivity index (χ1n) is 5.95. The van der Waals surface area contributed by atoms with Gasteiger partial charge in [-0.25, -0.2) is 0 Å². The summed E-state index contributed by atoms with van der Waals surface area (Å²) in [5, 5.41) is 8.51. The third-order valence-electron chi connectivity index (χ3n) is 2.52. The molecule has 0 fully saturated rings. The van der Waals surface area contributed by atoms with Crippen LogP contribution in [0.3, 0.4) is 0 Å². The highest BCUT2D eigenvalue weighted by Gasteiger charge is 2.13. The fourth-order valence-electron chi connectivity index (χ4n) is 1.61. The molecule has 0 spiro atoms. The van der Waals surface area contributed by atoms with Crippen LogP contribution in [0.15, 0.2) is 6.20 Å². The Hall–Kier alpha value is -0.580. The summed E-state index contributed by atoms with van der Waals surface area (Å²) >= 11 is 6.01. The Kier molecular flexibility index (Phi) is 5.95. The number of hydrogen-bond donors (Lipinski definition) is 1. The van der Waals surface area contributed by atoms with E-state index in [1.165, 1.54) is 0 Å². The number of methoxy groups -OCH3 is 1. The third-order valence-corrected chi connectivity index (χ3v) is 2.89. The highest BCUT2D eigenvalue weighted by atomic mass is 35.5. The lowest BCUT2D eigenvalue weighted by Crippen LogP contribution is -2.31. The van der Waals surface area contributed by atoms with Crippen LogP contribution in [0.5, 0.6) is 0 Å². The molecule has 1 heterocycles. The fraction of sp³-hybridized carbons (Fsp3) is 0.750. The van der Waals surface area contributed by atoms with E-state index < -0.39 is 0 Å². The molecule has 0 radical (unpaired) electrons. The molecular formula is C12H22ClN3O. The molecule has 0 aromatic carbocycles. The molecule has 1 unspecified atom stereocenters. The lowest BCUT2D eigenvalue weighted by Gasteiger charge is -2.18. The molecule has 1 atom stereocenters. The van der Waals surface area contributed by atoms with Crippen LogP contribution in [-0.2, 0) is 4.74 Å². The third kappa shape index (κ3) is 4.66. The van der Waals surface area contributed by atoms with Gasteiger partial charge in [0.15, 0.2) is 0 Å². The highest BCUT2D eigenvalue weighted by Crippen LogP contribution is 2.16. The van der Waals surface area contributed by atoms with Crippen molar-refractivity contribution in [1.29, 1.82) is 0 Å². The van der Waals surface area contributed by atoms with E-state index in [0.29, 0.717) is 17.5 Å². The van der Waals surface area contributed by atoms with Gasteiger partial charge in [0.25, 0.3) is 0 Å². The van der Waals surface area contributed by atoms with Crippen LogP contribution in [-0.4, -0.2) is 36.6 Å². The fourth-order valence-corrected chi connectivity index (χ4v) is 1.74. The van der Waals surface area contributed by atoms with Crippen LogP contribution in [0.4, 0.5) is 0 Å². The first kappa shape index (κ1) is 14.5. The molecule has 1 aromatic heterocycles. The predicted molar refractivity (Wildman–Crippen MR) is 70.6 cm³/mol. The van der Waals surface area contributed by atoms with Crippen molar-refractivity contribution in [2.75, 3.05) is 26.8 Å². The molecule has 0 saturated carbocycles. The van der Waals surface area contributed by atoms with E-state index in [4.69, 9.17) is 16.3 Å². The summed E-state index contributed by atoms with van der Waals surface area (Å²) in [6.07, 6.45) is 1.86. The lowest BCUT2D eigenvalue weighted by molar-refractivity contribution is 0.147. The second-order valence-electron chi connectivity index (χ2n) is 4.70. The smallest absolute Gasteiger partial charge is 0.0877 e. The maximum absolute atomic E-state index is 6.01. The highest BCUT2D eigenvalue weighted by molar-refractivity contribution is 6.31. The second kappa shape index (κ2) is 6.99. The number of aryl methyl sites for hydroxylation is 1. The number of hydrogen-bond acceptors (Lipinski definition) is 3. The molecule has 17 heavy (non-hydrogen) atoms. The zero-order valence-electron chi connectivity index (χ0n) is 11.0. The molecule has 1 aromatic rings. The molecule has 0 aliphatic heterocycles. The largest absolute Gasteiger partial charge is 0.382 e. The standard InChI is InChI=1S/C12H22ClN3O/c1-9(2)5-14-6-11(8-17-4)16-7-12(13)10(3)15-16/h7,9,11,14H,5-6,8H2,1-4H3. The maximum Gasteiger partial charge on any atom is 0.0877 e. The number of halogens is 1. The van der Waals surface area contributed by atoms with Crippen molar-refractivity contribution in [3.63, 3.8) is 0 Å². The lowest BCUT2D eigenvalue weighted by atomic mass is 10.2. The monoisotopic (exact) mass is 259 g/mol. The van der Waals surface area contributed by atoms with E-state index in [-0.39, 0.29) is 6.04 Å². The van der Waals surface area contributed by atoms with Crippen LogP contribution in [0.1, 0.15) is 25.6 Å². The minimum atomic E-state index is 0.185. The van der Waals surface area contributed by atoms with Gasteiger partial charge in [0, 0.05) is 19.9 Å². The number of rotatable bonds is 7. The molecule has 5 heteroatoms. The Morgan fingerprint density at radius 1 is 1.47 bits per heavy atom. The average Bonchev–Trinajstić information content (AvgIpc) is 2.57. The Balaban J connectivity index is 2.58. The van der Waals surface area contributed by atoms with Crippen LogP contribution in [0, 0.1) is 12.8 Å². The Bertz CT molecular complexity index is 319. The summed E-state index contributed by atoms with van der Waals surface area (Å²) in [6.45, 7) is 8.74. The van der Waals surface area contributed by atoms with Gasteiger partial charge in [0.05, 0.1) is 23.4 Å². The predicted octanol–water partition coefficient (Wildman–Crippen LogP) is 2.28. The van der Waals surface area contributed by atoms with Gasteiger partial charge in [-0.3, -0.25) is 4.68 Å². The molecule has 0 aliphatic carbocycles. The average molecular weight is 260 g/mol. The normalized spacial score (nSPS) is 13.3. The Morgan fingerprint density at radius 3 is 2.65 bits per heavy atom. The molecule has 4 nitrogen and oxygen atoms in total. The zero-order chi connectivity index (χ0) is 12.8. The summed E-state index contributed by atoms with van der Waals surface area (Å²) in [6, 6.07) is 0.185. The van der Waals surface area contributed by atoms with Gasteiger partial charge < -0.3 is 10.1 Å². The number of aromatic nitrogens is 2. The molecule has 0 bridgehead atoms. The van der Waals surface area contributed by atoms with Crippen molar-refractivity contribution < 1.29 is 4.74 Å². The Morgan fingerprint density at radius 2 is 2.18 bits per heavy atom.